The van der Waals surface area contributed by atoms with Crippen LogP contribution in [-0.2, 0) is 9.59 Å². The summed E-state index contributed by atoms with van der Waals surface area (Å²) in [6.45, 7) is -0.586. The second-order valence-electron chi connectivity index (χ2n) is 4.61. The van der Waals surface area contributed by atoms with Gasteiger partial charge in [0.15, 0.2) is 5.78 Å². The van der Waals surface area contributed by atoms with Crippen LogP contribution >= 0.6 is 0 Å². The van der Waals surface area contributed by atoms with E-state index in [2.05, 4.69) is 4.98 Å². The fourth-order valence-electron chi connectivity index (χ4n) is 2.27. The number of aryl methyl sites for hydroxylation is 1. The molecule has 6 heteroatoms. The number of carbonyl (C=O) groups is 2. The molecule has 2 N–H and O–H groups in total. The molecule has 1 heterocycles. The first kappa shape index (κ1) is 8.07. The van der Waals surface area contributed by atoms with Crippen LogP contribution in [0.25, 0.3) is 10.9 Å². The number of benzene rings is 1. The molecule has 2 atom stereocenters. The van der Waals surface area contributed by atoms with Gasteiger partial charge in [-0.2, -0.15) is 0 Å². The maximum Gasteiger partial charge on any atom is 0.264 e. The van der Waals surface area contributed by atoms with Gasteiger partial charge in [0.2, 0.25) is 0 Å². The Morgan fingerprint density at radius 2 is 2.33 bits per heavy atom. The third-order valence-electron chi connectivity index (χ3n) is 3.22. The van der Waals surface area contributed by atoms with E-state index in [4.69, 9.17) is 14.0 Å². The van der Waals surface area contributed by atoms with E-state index in [9.17, 15) is 14.4 Å². The van der Waals surface area contributed by atoms with Gasteiger partial charge in [-0.1, -0.05) is 6.04 Å². The van der Waals surface area contributed by atoms with Crippen molar-refractivity contribution in [1.82, 2.24) is 9.55 Å². The number of aromatic nitrogens is 2. The van der Waals surface area contributed by atoms with E-state index in [0.717, 1.165) is 6.07 Å². The lowest BCUT2D eigenvalue weighted by atomic mass is 9.92. The summed E-state index contributed by atoms with van der Waals surface area (Å²) in [6, 6.07) is -1.38. The van der Waals surface area contributed by atoms with Crippen LogP contribution in [0.5, 0.6) is 0 Å². The van der Waals surface area contributed by atoms with Crippen LogP contribution in [-0.4, -0.2) is 21.1 Å². The van der Waals surface area contributed by atoms with Crippen molar-refractivity contribution in [2.75, 3.05) is 5.73 Å². The number of nitrogens with zero attached hydrogens (tertiary/aromatic N) is 2. The summed E-state index contributed by atoms with van der Waals surface area (Å²) in [4.78, 5) is 41.3. The molecule has 0 spiro atoms. The van der Waals surface area contributed by atoms with Crippen LogP contribution in [0.15, 0.2) is 22.9 Å². The first-order valence-corrected chi connectivity index (χ1v) is 6.10. The first-order valence-electron chi connectivity index (χ1n) is 9.38. The van der Waals surface area contributed by atoms with Crippen molar-refractivity contribution in [3.8, 4) is 0 Å². The van der Waals surface area contributed by atoms with Crippen molar-refractivity contribution in [2.24, 2.45) is 0 Å². The summed E-state index contributed by atoms with van der Waals surface area (Å²) in [5.74, 6) is -2.04. The minimum Gasteiger partial charge on any atom is -0.398 e. The van der Waals surface area contributed by atoms with Gasteiger partial charge in [-0.05, 0) is 25.4 Å². The average Bonchev–Trinajstić information content (AvgIpc) is 2.59. The van der Waals surface area contributed by atoms with Gasteiger partial charge in [0.1, 0.15) is 11.6 Å². The number of fused-ring (bicyclic) bond motifs is 1. The molecular weight excluding hydrogens is 270 g/mol. The van der Waals surface area contributed by atoms with Crippen molar-refractivity contribution in [2.45, 2.75) is 32.1 Å². The van der Waals surface area contributed by atoms with Crippen LogP contribution in [0.2, 0.25) is 0 Å². The number of Topliss-reactive ketones (excluding diaryl/α,β-unsaturated/α-hetero) is 2. The first-order chi connectivity index (χ1) is 12.5. The fraction of sp³-hybridized carbons (Fsp3) is 0.333. The summed E-state index contributed by atoms with van der Waals surface area (Å²) in [5.41, 5.74) is 4.45. The summed E-state index contributed by atoms with van der Waals surface area (Å²) >= 11 is 0. The molecule has 1 aromatic heterocycles. The van der Waals surface area contributed by atoms with E-state index in [1.165, 1.54) is 0 Å². The maximum absolute atomic E-state index is 13.1. The number of rotatable bonds is 1. The third kappa shape index (κ3) is 2.12. The van der Waals surface area contributed by atoms with Gasteiger partial charge in [-0.25, -0.2) is 4.98 Å². The van der Waals surface area contributed by atoms with Gasteiger partial charge in [-0.3, -0.25) is 19.0 Å². The SMILES string of the molecule is [2H]Cc1nc2cc([2H])c([2H])c(N)c2c(=O)n1C1C(=O)CC(=O)C([2H])C1([2H])[2H]. The largest absolute Gasteiger partial charge is 0.398 e. The lowest BCUT2D eigenvalue weighted by Gasteiger charge is -2.24. The Morgan fingerprint density at radius 1 is 1.52 bits per heavy atom. The smallest absolute Gasteiger partial charge is 0.264 e. The zero-order valence-electron chi connectivity index (χ0n) is 16.8. The molecule has 0 amide bonds. The normalized spacial score (nSPS) is 29.1. The molecule has 1 fully saturated rings. The molecule has 6 nitrogen and oxygen atoms in total. The Labute approximate surface area is 129 Å². The summed E-state index contributed by atoms with van der Waals surface area (Å²) in [6.07, 6.45) is -5.27. The van der Waals surface area contributed by atoms with Crippen molar-refractivity contribution >= 4 is 28.2 Å². The van der Waals surface area contributed by atoms with E-state index >= 15 is 0 Å². The average molecular weight is 291 g/mol. The Morgan fingerprint density at radius 3 is 3.10 bits per heavy atom. The van der Waals surface area contributed by atoms with Crippen LogP contribution < -0.4 is 11.3 Å². The molecule has 1 aliphatic carbocycles. The van der Waals surface area contributed by atoms with Gasteiger partial charge in [0.25, 0.3) is 5.56 Å². The summed E-state index contributed by atoms with van der Waals surface area (Å²) in [7, 11) is 0. The summed E-state index contributed by atoms with van der Waals surface area (Å²) < 4.78 is 47.7. The molecular formula is C15H15N3O3. The number of nitrogen functional groups attached to an aromatic ring is 1. The summed E-state index contributed by atoms with van der Waals surface area (Å²) in [5, 5.41) is -0.268. The molecule has 108 valence electrons. The molecule has 1 aliphatic rings. The minimum absolute atomic E-state index is 0.0423. The van der Waals surface area contributed by atoms with Gasteiger partial charge >= 0.3 is 0 Å². The Balaban J connectivity index is 2.41. The highest BCUT2D eigenvalue weighted by atomic mass is 16.2. The molecule has 0 saturated heterocycles. The number of carbonyl (C=O) groups excluding carboxylic acids is 2. The van der Waals surface area contributed by atoms with Gasteiger partial charge < -0.3 is 5.73 Å². The Kier molecular flexibility index (Phi) is 1.84. The Hall–Kier alpha value is -2.50. The van der Waals surface area contributed by atoms with Gasteiger partial charge in [0.05, 0.1) is 26.1 Å². The zero-order valence-corrected chi connectivity index (χ0v) is 10.8. The third-order valence-corrected chi connectivity index (χ3v) is 3.22. The van der Waals surface area contributed by atoms with Crippen molar-refractivity contribution < 1.29 is 17.8 Å². The van der Waals surface area contributed by atoms with E-state index in [0.29, 0.717) is 4.57 Å². The Bertz CT molecular complexity index is 1050. The number of hydrogen-bond donors (Lipinski definition) is 1. The monoisotopic (exact) mass is 291 g/mol. The van der Waals surface area contributed by atoms with E-state index in [-0.39, 0.29) is 28.5 Å². The van der Waals surface area contributed by atoms with Crippen molar-refractivity contribution in [3.05, 3.63) is 34.3 Å². The van der Waals surface area contributed by atoms with E-state index < -0.39 is 55.3 Å². The quantitative estimate of drug-likeness (QED) is 0.628. The highest BCUT2D eigenvalue weighted by Crippen LogP contribution is 2.24. The van der Waals surface area contributed by atoms with Crippen molar-refractivity contribution in [3.63, 3.8) is 0 Å². The van der Waals surface area contributed by atoms with Crippen LogP contribution in [0.1, 0.15) is 39.3 Å². The van der Waals surface area contributed by atoms with Crippen LogP contribution in [0, 0.1) is 6.90 Å². The topological polar surface area (TPSA) is 95.0 Å². The highest BCUT2D eigenvalue weighted by Gasteiger charge is 2.30. The van der Waals surface area contributed by atoms with Gasteiger partial charge in [-0.15, -0.1) is 0 Å². The zero-order chi connectivity index (χ0) is 20.3. The lowest BCUT2D eigenvalue weighted by Crippen LogP contribution is -2.36. The fourth-order valence-corrected chi connectivity index (χ4v) is 2.27. The van der Waals surface area contributed by atoms with E-state index in [1.807, 2.05) is 0 Å². The molecule has 0 bridgehead atoms. The van der Waals surface area contributed by atoms with Crippen LogP contribution in [0.4, 0.5) is 5.69 Å². The number of ketones is 2. The molecule has 3 rings (SSSR count). The minimum atomic E-state index is -2.69. The predicted octanol–water partition coefficient (Wildman–Crippen LogP) is 1.15. The predicted molar refractivity (Wildman–Crippen MR) is 78.1 cm³/mol. The molecule has 21 heavy (non-hydrogen) atoms. The number of anilines is 1. The molecule has 2 aromatic rings. The second-order valence-corrected chi connectivity index (χ2v) is 4.61. The van der Waals surface area contributed by atoms with Crippen molar-refractivity contribution in [1.29, 1.82) is 0 Å². The molecule has 0 aliphatic heterocycles. The molecule has 1 saturated carbocycles. The second kappa shape index (κ2) is 4.80. The molecule has 2 unspecified atom stereocenters. The number of nitrogens with two attached hydrogens (primary N) is 1. The lowest BCUT2D eigenvalue weighted by molar-refractivity contribution is -0.132. The standard InChI is InChI=1S/C15H15N3O3/c1-8-17-11-4-2-3-10(16)14(11)15(21)18(8)12-6-5-9(19)7-13(12)20/h2-4,12H,5-7,16H2,1H3/i1D,2D,3D,5D,6D2. The van der Waals surface area contributed by atoms with Gasteiger partial charge in [0, 0.05) is 17.6 Å². The van der Waals surface area contributed by atoms with Crippen LogP contribution in [0.3, 0.4) is 0 Å². The maximum atomic E-state index is 13.1. The molecule has 0 radical (unpaired) electrons. The molecule has 1 aromatic carbocycles. The number of hydrogen-bond acceptors (Lipinski definition) is 5. The highest BCUT2D eigenvalue weighted by molar-refractivity contribution is 6.03. The van der Waals surface area contributed by atoms with E-state index in [1.54, 1.807) is 0 Å².